The Morgan fingerprint density at radius 3 is 2.95 bits per heavy atom. The van der Waals surface area contributed by atoms with Gasteiger partial charge in [0.05, 0.1) is 17.2 Å². The third kappa shape index (κ3) is 3.90. The van der Waals surface area contributed by atoms with Crippen LogP contribution in [0.1, 0.15) is 15.4 Å². The van der Waals surface area contributed by atoms with Crippen LogP contribution in [0.5, 0.6) is 0 Å². The number of carbonyl (C=O) groups is 1. The van der Waals surface area contributed by atoms with Crippen LogP contribution in [0.2, 0.25) is 0 Å². The number of nitrogens with one attached hydrogen (secondary N) is 2. The third-order valence-corrected chi connectivity index (χ3v) is 6.27. The highest BCUT2D eigenvalue weighted by Gasteiger charge is 2.23. The first-order valence-electron chi connectivity index (χ1n) is 5.78. The predicted octanol–water partition coefficient (Wildman–Crippen LogP) is 1.54. The van der Waals surface area contributed by atoms with Gasteiger partial charge >= 0.3 is 5.97 Å². The number of aromatic nitrogens is 2. The second-order valence-corrected chi connectivity index (χ2v) is 8.07. The molecule has 0 aromatic carbocycles. The normalized spacial score (nSPS) is 11.5. The Morgan fingerprint density at radius 2 is 2.33 bits per heavy atom. The summed E-state index contributed by atoms with van der Waals surface area (Å²) in [4.78, 5) is 18.4. The van der Waals surface area contributed by atoms with Gasteiger partial charge in [-0.05, 0) is 22.0 Å². The van der Waals surface area contributed by atoms with Crippen LogP contribution in [0.4, 0.5) is 0 Å². The fourth-order valence-corrected chi connectivity index (χ4v) is 5.07. The predicted molar refractivity (Wildman–Crippen MR) is 80.8 cm³/mol. The number of rotatable bonds is 6. The summed E-state index contributed by atoms with van der Waals surface area (Å²) in [5, 5.41) is 0. The van der Waals surface area contributed by atoms with Crippen molar-refractivity contribution in [3.05, 3.63) is 32.9 Å². The van der Waals surface area contributed by atoms with Gasteiger partial charge in [0.2, 0.25) is 10.0 Å². The fourth-order valence-electron chi connectivity index (χ4n) is 1.56. The molecule has 0 aliphatic carbocycles. The van der Waals surface area contributed by atoms with E-state index in [-0.39, 0.29) is 16.3 Å². The van der Waals surface area contributed by atoms with Gasteiger partial charge in [-0.15, -0.1) is 11.3 Å². The van der Waals surface area contributed by atoms with Crippen LogP contribution in [-0.4, -0.2) is 38.0 Å². The van der Waals surface area contributed by atoms with Crippen molar-refractivity contribution in [1.82, 2.24) is 14.7 Å². The number of thiophene rings is 1. The van der Waals surface area contributed by atoms with Crippen molar-refractivity contribution < 1.29 is 17.9 Å². The average molecular weight is 394 g/mol. The van der Waals surface area contributed by atoms with E-state index in [1.807, 2.05) is 0 Å². The number of carbonyl (C=O) groups excluding carboxylic acids is 1. The summed E-state index contributed by atoms with van der Waals surface area (Å²) in [6.45, 7) is 0.223. The molecule has 0 unspecified atom stereocenters. The number of sulfonamides is 1. The van der Waals surface area contributed by atoms with Crippen LogP contribution in [0.3, 0.4) is 0 Å². The molecule has 0 atom stereocenters. The molecule has 21 heavy (non-hydrogen) atoms. The van der Waals surface area contributed by atoms with Crippen LogP contribution in [0, 0.1) is 0 Å². The highest BCUT2D eigenvalue weighted by molar-refractivity contribution is 9.11. The summed E-state index contributed by atoms with van der Waals surface area (Å²) in [5.74, 6) is -0.570. The number of H-pyrrole nitrogens is 1. The summed E-state index contributed by atoms with van der Waals surface area (Å²) >= 11 is 4.17. The lowest BCUT2D eigenvalue weighted by Crippen LogP contribution is -2.26. The van der Waals surface area contributed by atoms with Gasteiger partial charge in [-0.2, -0.15) is 0 Å². The third-order valence-electron chi connectivity index (χ3n) is 2.57. The summed E-state index contributed by atoms with van der Waals surface area (Å²) in [7, 11) is -2.45. The first kappa shape index (κ1) is 16.1. The van der Waals surface area contributed by atoms with Gasteiger partial charge < -0.3 is 9.72 Å². The monoisotopic (exact) mass is 393 g/mol. The van der Waals surface area contributed by atoms with Crippen molar-refractivity contribution in [2.45, 2.75) is 11.3 Å². The molecule has 10 heteroatoms. The maximum Gasteiger partial charge on any atom is 0.348 e. The Morgan fingerprint density at radius 1 is 1.57 bits per heavy atom. The number of halogens is 1. The van der Waals surface area contributed by atoms with Crippen molar-refractivity contribution in [2.75, 3.05) is 13.7 Å². The molecule has 2 rings (SSSR count). The van der Waals surface area contributed by atoms with Crippen molar-refractivity contribution >= 4 is 43.3 Å². The molecular formula is C11H12BrN3O4S2. The largest absolute Gasteiger partial charge is 0.465 e. The van der Waals surface area contributed by atoms with E-state index in [0.717, 1.165) is 17.0 Å². The molecule has 0 saturated heterocycles. The zero-order chi connectivity index (χ0) is 15.5. The first-order chi connectivity index (χ1) is 9.94. The van der Waals surface area contributed by atoms with E-state index < -0.39 is 16.0 Å². The van der Waals surface area contributed by atoms with E-state index >= 15 is 0 Å². The van der Waals surface area contributed by atoms with Gasteiger partial charge in [0.15, 0.2) is 0 Å². The minimum atomic E-state index is -3.69. The van der Waals surface area contributed by atoms with Crippen LogP contribution >= 0.6 is 27.3 Å². The second-order valence-electron chi connectivity index (χ2n) is 3.96. The van der Waals surface area contributed by atoms with E-state index in [1.54, 1.807) is 6.20 Å². The summed E-state index contributed by atoms with van der Waals surface area (Å²) in [6.07, 6.45) is 3.65. The Hall–Kier alpha value is -1.23. The van der Waals surface area contributed by atoms with E-state index in [4.69, 9.17) is 0 Å². The Kier molecular flexibility index (Phi) is 5.14. The van der Waals surface area contributed by atoms with E-state index in [2.05, 4.69) is 35.4 Å². The molecule has 0 spiro atoms. The lowest BCUT2D eigenvalue weighted by Gasteiger charge is -2.04. The Balaban J connectivity index is 2.08. The van der Waals surface area contributed by atoms with Crippen LogP contribution < -0.4 is 4.72 Å². The van der Waals surface area contributed by atoms with Gasteiger partial charge in [-0.25, -0.2) is 22.9 Å². The molecule has 7 nitrogen and oxygen atoms in total. The molecule has 0 bridgehead atoms. The Labute approximate surface area is 133 Å². The molecule has 0 aliphatic heterocycles. The van der Waals surface area contributed by atoms with Crippen molar-refractivity contribution in [3.63, 3.8) is 0 Å². The second kappa shape index (κ2) is 6.69. The van der Waals surface area contributed by atoms with Gasteiger partial charge in [-0.1, -0.05) is 0 Å². The molecule has 0 amide bonds. The average Bonchev–Trinajstić information content (AvgIpc) is 3.07. The molecule has 0 aliphatic rings. The van der Waals surface area contributed by atoms with Crippen LogP contribution in [-0.2, 0) is 21.2 Å². The number of ether oxygens (including phenoxy) is 1. The van der Waals surface area contributed by atoms with Crippen LogP contribution in [0.15, 0.2) is 27.3 Å². The molecule has 2 aromatic rings. The molecule has 114 valence electrons. The number of esters is 1. The molecule has 2 aromatic heterocycles. The number of hydrogen-bond acceptors (Lipinski definition) is 6. The standard InChI is InChI=1S/C11H12BrN3O4S2/c1-19-11(16)8-4-9(10(12)20-8)21(17,18)15-3-2-7-5-13-6-14-7/h4-6,15H,2-3H2,1H3,(H,13,14). The number of nitrogens with zero attached hydrogens (tertiary/aromatic N) is 1. The van der Waals surface area contributed by atoms with Crippen molar-refractivity contribution in [3.8, 4) is 0 Å². The molecular weight excluding hydrogens is 382 g/mol. The maximum atomic E-state index is 12.2. The van der Waals surface area contributed by atoms with E-state index in [0.29, 0.717) is 10.2 Å². The number of imidazole rings is 1. The smallest absolute Gasteiger partial charge is 0.348 e. The summed E-state index contributed by atoms with van der Waals surface area (Å²) in [5.41, 5.74) is 0.831. The van der Waals surface area contributed by atoms with E-state index in [1.165, 1.54) is 19.5 Å². The molecule has 0 saturated carbocycles. The zero-order valence-electron chi connectivity index (χ0n) is 10.9. The van der Waals surface area contributed by atoms with E-state index in [9.17, 15) is 13.2 Å². The fraction of sp³-hybridized carbons (Fsp3) is 0.273. The lowest BCUT2D eigenvalue weighted by atomic mass is 10.3. The van der Waals surface area contributed by atoms with Crippen molar-refractivity contribution in [2.24, 2.45) is 0 Å². The summed E-state index contributed by atoms with van der Waals surface area (Å²) < 4.78 is 31.8. The number of hydrogen-bond donors (Lipinski definition) is 2. The highest BCUT2D eigenvalue weighted by Crippen LogP contribution is 2.31. The van der Waals surface area contributed by atoms with Gasteiger partial charge in [0, 0.05) is 24.9 Å². The molecule has 0 radical (unpaired) electrons. The van der Waals surface area contributed by atoms with Gasteiger partial charge in [-0.3, -0.25) is 0 Å². The Bertz CT molecular complexity index is 725. The minimum Gasteiger partial charge on any atom is -0.465 e. The topological polar surface area (TPSA) is 101 Å². The molecule has 2 N–H and O–H groups in total. The summed E-state index contributed by atoms with van der Waals surface area (Å²) in [6, 6.07) is 1.29. The van der Waals surface area contributed by atoms with Crippen LogP contribution in [0.25, 0.3) is 0 Å². The molecule has 2 heterocycles. The quantitative estimate of drug-likeness (QED) is 0.724. The lowest BCUT2D eigenvalue weighted by molar-refractivity contribution is 0.0606. The highest BCUT2D eigenvalue weighted by atomic mass is 79.9. The maximum absolute atomic E-state index is 12.2. The van der Waals surface area contributed by atoms with Gasteiger partial charge in [0.1, 0.15) is 9.77 Å². The first-order valence-corrected chi connectivity index (χ1v) is 8.88. The van der Waals surface area contributed by atoms with Gasteiger partial charge in [0.25, 0.3) is 0 Å². The van der Waals surface area contributed by atoms with Crippen molar-refractivity contribution in [1.29, 1.82) is 0 Å². The SMILES string of the molecule is COC(=O)c1cc(S(=O)(=O)NCCc2cnc[nH]2)c(Br)s1. The zero-order valence-corrected chi connectivity index (χ0v) is 14.1. The number of aromatic amines is 1. The minimum absolute atomic E-state index is 0.0255. The molecule has 0 fully saturated rings. The number of methoxy groups -OCH3 is 1.